The van der Waals surface area contributed by atoms with Crippen LogP contribution in [0.1, 0.15) is 21.5 Å². The van der Waals surface area contributed by atoms with Crippen LogP contribution >= 0.6 is 0 Å². The van der Waals surface area contributed by atoms with Crippen LogP contribution < -0.4 is 16.6 Å². The quantitative estimate of drug-likeness (QED) is 0.771. The highest BCUT2D eigenvalue weighted by atomic mass is 16.2. The number of aryl methyl sites for hydroxylation is 2. The molecule has 1 aromatic heterocycles. The van der Waals surface area contributed by atoms with Gasteiger partial charge in [-0.25, -0.2) is 9.36 Å². The maximum absolute atomic E-state index is 12.7. The zero-order valence-electron chi connectivity index (χ0n) is 13.9. The minimum absolute atomic E-state index is 0.136. The van der Waals surface area contributed by atoms with Gasteiger partial charge in [0.25, 0.3) is 11.5 Å². The molecular formula is C19H17N3O3. The van der Waals surface area contributed by atoms with Gasteiger partial charge in [0, 0.05) is 11.9 Å². The maximum Gasteiger partial charge on any atom is 0.333 e. The molecule has 0 saturated heterocycles. The highest BCUT2D eigenvalue weighted by molar-refractivity contribution is 6.04. The van der Waals surface area contributed by atoms with Crippen molar-refractivity contribution in [2.75, 3.05) is 5.32 Å². The van der Waals surface area contributed by atoms with Crippen LogP contribution in [0.15, 0.2) is 64.3 Å². The molecule has 0 aliphatic carbocycles. The fourth-order valence-corrected chi connectivity index (χ4v) is 2.47. The Morgan fingerprint density at radius 1 is 1.00 bits per heavy atom. The van der Waals surface area contributed by atoms with Crippen LogP contribution in [-0.2, 0) is 0 Å². The molecule has 2 N–H and O–H groups in total. The van der Waals surface area contributed by atoms with E-state index in [2.05, 4.69) is 10.3 Å². The van der Waals surface area contributed by atoms with E-state index in [1.807, 2.05) is 26.0 Å². The first-order valence-electron chi connectivity index (χ1n) is 7.76. The summed E-state index contributed by atoms with van der Waals surface area (Å²) in [6.45, 7) is 3.76. The average molecular weight is 335 g/mol. The van der Waals surface area contributed by atoms with Crippen LogP contribution in [0.25, 0.3) is 5.69 Å². The number of para-hydroxylation sites is 1. The van der Waals surface area contributed by atoms with Gasteiger partial charge in [0.05, 0.1) is 5.69 Å². The summed E-state index contributed by atoms with van der Waals surface area (Å²) in [5, 5.41) is 2.70. The van der Waals surface area contributed by atoms with Crippen molar-refractivity contribution in [3.05, 3.63) is 92.3 Å². The van der Waals surface area contributed by atoms with Crippen molar-refractivity contribution in [3.63, 3.8) is 0 Å². The summed E-state index contributed by atoms with van der Waals surface area (Å²) in [5.74, 6) is -0.573. The van der Waals surface area contributed by atoms with Gasteiger partial charge in [-0.05, 0) is 37.6 Å². The summed E-state index contributed by atoms with van der Waals surface area (Å²) in [6.07, 6.45) is 1.14. The van der Waals surface area contributed by atoms with Gasteiger partial charge in [-0.15, -0.1) is 0 Å². The predicted molar refractivity (Wildman–Crippen MR) is 96.5 cm³/mol. The number of nitrogens with one attached hydrogen (secondary N) is 2. The Morgan fingerprint density at radius 2 is 1.68 bits per heavy atom. The van der Waals surface area contributed by atoms with E-state index < -0.39 is 17.2 Å². The van der Waals surface area contributed by atoms with Crippen LogP contribution in [0, 0.1) is 13.8 Å². The Morgan fingerprint density at radius 3 is 2.36 bits per heavy atom. The third-order valence-electron chi connectivity index (χ3n) is 3.91. The molecule has 1 heterocycles. The molecule has 2 aromatic carbocycles. The molecule has 0 unspecified atom stereocenters. The highest BCUT2D eigenvalue weighted by Crippen LogP contribution is 2.13. The molecule has 0 fully saturated rings. The number of aromatic nitrogens is 2. The first-order chi connectivity index (χ1) is 12.0. The van der Waals surface area contributed by atoms with Crippen molar-refractivity contribution in [2.24, 2.45) is 0 Å². The monoisotopic (exact) mass is 335 g/mol. The summed E-state index contributed by atoms with van der Waals surface area (Å²) in [7, 11) is 0. The maximum atomic E-state index is 12.7. The number of nitrogens with zero attached hydrogens (tertiary/aromatic N) is 1. The van der Waals surface area contributed by atoms with Gasteiger partial charge < -0.3 is 10.3 Å². The molecule has 1 amide bonds. The molecule has 6 nitrogen and oxygen atoms in total. The lowest BCUT2D eigenvalue weighted by Gasteiger charge is -2.09. The van der Waals surface area contributed by atoms with Gasteiger partial charge in [-0.1, -0.05) is 35.9 Å². The van der Waals surface area contributed by atoms with E-state index >= 15 is 0 Å². The lowest BCUT2D eigenvalue weighted by Crippen LogP contribution is -2.38. The summed E-state index contributed by atoms with van der Waals surface area (Å²) < 4.78 is 0.951. The molecular weight excluding hydrogens is 318 g/mol. The molecule has 0 bridgehead atoms. The molecule has 0 atom stereocenters. The van der Waals surface area contributed by atoms with Gasteiger partial charge in [0.15, 0.2) is 0 Å². The first kappa shape index (κ1) is 16.4. The van der Waals surface area contributed by atoms with Crippen LogP contribution in [0.4, 0.5) is 5.69 Å². The lowest BCUT2D eigenvalue weighted by molar-refractivity contribution is 0.102. The molecule has 3 aromatic rings. The molecule has 126 valence electrons. The van der Waals surface area contributed by atoms with E-state index in [1.165, 1.54) is 0 Å². The summed E-state index contributed by atoms with van der Waals surface area (Å²) in [5.41, 5.74) is 1.49. The Balaban J connectivity index is 2.04. The highest BCUT2D eigenvalue weighted by Gasteiger charge is 2.16. The van der Waals surface area contributed by atoms with Gasteiger partial charge in [-0.3, -0.25) is 9.59 Å². The second-order valence-corrected chi connectivity index (χ2v) is 5.75. The van der Waals surface area contributed by atoms with Crippen molar-refractivity contribution in [1.29, 1.82) is 0 Å². The summed E-state index contributed by atoms with van der Waals surface area (Å²) >= 11 is 0. The van der Waals surface area contributed by atoms with E-state index in [1.54, 1.807) is 36.4 Å². The number of H-pyrrole nitrogens is 1. The number of rotatable bonds is 3. The molecule has 3 rings (SSSR count). The van der Waals surface area contributed by atoms with Crippen LogP contribution in [-0.4, -0.2) is 15.5 Å². The normalized spacial score (nSPS) is 10.5. The standard InChI is InChI=1S/C19H17N3O3/c1-12-7-9-14(10-8-12)22-18(24)15(11-20-19(22)25)17(23)21-16-6-4-3-5-13(16)2/h3-11H,1-2H3,(H,20,25)(H,21,23). The van der Waals surface area contributed by atoms with Gasteiger partial charge in [0.2, 0.25) is 0 Å². The number of carbonyl (C=O) groups excluding carboxylic acids is 1. The largest absolute Gasteiger partial charge is 0.333 e. The van der Waals surface area contributed by atoms with Crippen LogP contribution in [0.2, 0.25) is 0 Å². The number of amides is 1. The van der Waals surface area contributed by atoms with Crippen LogP contribution in [0.5, 0.6) is 0 Å². The zero-order chi connectivity index (χ0) is 18.0. The Hall–Kier alpha value is -3.41. The number of carbonyl (C=O) groups is 1. The molecule has 0 aliphatic rings. The predicted octanol–water partition coefficient (Wildman–Crippen LogP) is 2.39. The number of benzene rings is 2. The van der Waals surface area contributed by atoms with E-state index in [9.17, 15) is 14.4 Å². The summed E-state index contributed by atoms with van der Waals surface area (Å²) in [4.78, 5) is 39.7. The van der Waals surface area contributed by atoms with E-state index in [4.69, 9.17) is 0 Å². The van der Waals surface area contributed by atoms with Crippen molar-refractivity contribution >= 4 is 11.6 Å². The van der Waals surface area contributed by atoms with E-state index in [0.29, 0.717) is 11.4 Å². The Bertz CT molecular complexity index is 1050. The zero-order valence-corrected chi connectivity index (χ0v) is 13.9. The van der Waals surface area contributed by atoms with Crippen LogP contribution in [0.3, 0.4) is 0 Å². The average Bonchev–Trinajstić information content (AvgIpc) is 2.58. The molecule has 0 spiro atoms. The third kappa shape index (κ3) is 3.28. The smallest absolute Gasteiger partial charge is 0.322 e. The van der Waals surface area contributed by atoms with Gasteiger partial charge >= 0.3 is 5.69 Å². The van der Waals surface area contributed by atoms with E-state index in [-0.39, 0.29) is 5.56 Å². The van der Waals surface area contributed by atoms with Crippen molar-refractivity contribution in [2.45, 2.75) is 13.8 Å². The minimum Gasteiger partial charge on any atom is -0.322 e. The SMILES string of the molecule is Cc1ccc(-n2c(=O)[nH]cc(C(=O)Nc3ccccc3C)c2=O)cc1. The number of anilines is 1. The second-order valence-electron chi connectivity index (χ2n) is 5.75. The fraction of sp³-hybridized carbons (Fsp3) is 0.105. The van der Waals surface area contributed by atoms with Gasteiger partial charge in [0.1, 0.15) is 5.56 Å². The number of hydrogen-bond donors (Lipinski definition) is 2. The van der Waals surface area contributed by atoms with Crippen molar-refractivity contribution < 1.29 is 4.79 Å². The van der Waals surface area contributed by atoms with E-state index in [0.717, 1.165) is 21.9 Å². The molecule has 0 saturated carbocycles. The van der Waals surface area contributed by atoms with Crippen molar-refractivity contribution in [3.8, 4) is 5.69 Å². The van der Waals surface area contributed by atoms with Gasteiger partial charge in [-0.2, -0.15) is 0 Å². The molecule has 25 heavy (non-hydrogen) atoms. The van der Waals surface area contributed by atoms with Crippen molar-refractivity contribution in [1.82, 2.24) is 9.55 Å². The molecule has 6 heteroatoms. The minimum atomic E-state index is -0.668. The second kappa shape index (κ2) is 6.60. The molecule has 0 radical (unpaired) electrons. The topological polar surface area (TPSA) is 84.0 Å². The Kier molecular flexibility index (Phi) is 4.35. The molecule has 0 aliphatic heterocycles. The first-order valence-corrected chi connectivity index (χ1v) is 7.76. The third-order valence-corrected chi connectivity index (χ3v) is 3.91. The number of hydrogen-bond acceptors (Lipinski definition) is 3. The number of aromatic amines is 1. The summed E-state index contributed by atoms with van der Waals surface area (Å²) in [6, 6.07) is 14.2. The fourth-order valence-electron chi connectivity index (χ4n) is 2.47. The lowest BCUT2D eigenvalue weighted by atomic mass is 10.2. The Labute approximate surface area is 143 Å².